The molecule has 0 aromatic heterocycles. The van der Waals surface area contributed by atoms with E-state index >= 15 is 0 Å². The standard InChI is InChI=1S/C19H23NO5/c21-16-14-8-2-3-9-15(14)17(22)20(16)12-6-7-13-25-18(23)19(24)10-4-1-5-11-19/h2-3,8-9,24H,1,4-7,10-13H2. The maximum atomic E-state index is 12.2. The highest BCUT2D eigenvalue weighted by Gasteiger charge is 2.38. The zero-order chi connectivity index (χ0) is 17.9. The molecule has 1 fully saturated rings. The highest BCUT2D eigenvalue weighted by molar-refractivity contribution is 6.21. The summed E-state index contributed by atoms with van der Waals surface area (Å²) in [6.07, 6.45) is 4.72. The molecular weight excluding hydrogens is 322 g/mol. The Balaban J connectivity index is 1.42. The quantitative estimate of drug-likeness (QED) is 0.486. The monoisotopic (exact) mass is 345 g/mol. The number of carbonyl (C=O) groups is 3. The van der Waals surface area contributed by atoms with Crippen molar-refractivity contribution >= 4 is 17.8 Å². The Hall–Kier alpha value is -2.21. The summed E-state index contributed by atoms with van der Waals surface area (Å²) in [5.41, 5.74) is -0.447. The Kier molecular flexibility index (Phi) is 5.18. The zero-order valence-corrected chi connectivity index (χ0v) is 14.2. The van der Waals surface area contributed by atoms with E-state index < -0.39 is 11.6 Å². The summed E-state index contributed by atoms with van der Waals surface area (Å²) in [5, 5.41) is 10.3. The number of carbonyl (C=O) groups excluding carboxylic acids is 3. The third-order valence-electron chi connectivity index (χ3n) is 4.95. The van der Waals surface area contributed by atoms with Gasteiger partial charge in [0.15, 0.2) is 5.60 Å². The number of ether oxygens (including phenoxy) is 1. The van der Waals surface area contributed by atoms with E-state index in [9.17, 15) is 19.5 Å². The van der Waals surface area contributed by atoms with Gasteiger partial charge in [-0.1, -0.05) is 18.6 Å². The topological polar surface area (TPSA) is 83.9 Å². The minimum absolute atomic E-state index is 0.185. The molecule has 1 aromatic rings. The van der Waals surface area contributed by atoms with Crippen molar-refractivity contribution < 1.29 is 24.2 Å². The molecule has 6 heteroatoms. The summed E-state index contributed by atoms with van der Waals surface area (Å²) in [5.74, 6) is -1.09. The van der Waals surface area contributed by atoms with E-state index in [1.54, 1.807) is 24.3 Å². The average Bonchev–Trinajstić information content (AvgIpc) is 2.87. The summed E-state index contributed by atoms with van der Waals surface area (Å²) in [7, 11) is 0. The van der Waals surface area contributed by atoms with E-state index in [0.29, 0.717) is 43.4 Å². The van der Waals surface area contributed by atoms with Crippen LogP contribution in [-0.4, -0.2) is 46.5 Å². The third kappa shape index (κ3) is 3.58. The first kappa shape index (κ1) is 17.6. The minimum Gasteiger partial charge on any atom is -0.464 e. The van der Waals surface area contributed by atoms with Crippen LogP contribution in [0.15, 0.2) is 24.3 Å². The van der Waals surface area contributed by atoms with Crippen LogP contribution in [0.3, 0.4) is 0 Å². The molecule has 0 bridgehead atoms. The Bertz CT molecular complexity index is 643. The molecule has 1 heterocycles. The van der Waals surface area contributed by atoms with Gasteiger partial charge < -0.3 is 9.84 Å². The van der Waals surface area contributed by atoms with E-state index in [2.05, 4.69) is 0 Å². The molecule has 0 unspecified atom stereocenters. The predicted molar refractivity (Wildman–Crippen MR) is 90.0 cm³/mol. The molecule has 0 radical (unpaired) electrons. The van der Waals surface area contributed by atoms with Crippen LogP contribution in [-0.2, 0) is 9.53 Å². The van der Waals surface area contributed by atoms with Crippen LogP contribution in [0.4, 0.5) is 0 Å². The van der Waals surface area contributed by atoms with Crippen molar-refractivity contribution in [1.82, 2.24) is 4.90 Å². The lowest BCUT2D eigenvalue weighted by Crippen LogP contribution is -2.42. The molecule has 1 aromatic carbocycles. The third-order valence-corrected chi connectivity index (χ3v) is 4.95. The minimum atomic E-state index is -1.33. The second-order valence-corrected chi connectivity index (χ2v) is 6.74. The molecule has 0 saturated heterocycles. The maximum Gasteiger partial charge on any atom is 0.338 e. The van der Waals surface area contributed by atoms with Gasteiger partial charge in [0.25, 0.3) is 11.8 Å². The number of esters is 1. The van der Waals surface area contributed by atoms with Gasteiger partial charge in [0, 0.05) is 6.54 Å². The number of fused-ring (bicyclic) bond motifs is 1. The highest BCUT2D eigenvalue weighted by atomic mass is 16.5. The second kappa shape index (κ2) is 7.35. The Labute approximate surface area is 146 Å². The molecule has 1 aliphatic heterocycles. The van der Waals surface area contributed by atoms with Crippen molar-refractivity contribution in [1.29, 1.82) is 0 Å². The number of nitrogens with zero attached hydrogens (tertiary/aromatic N) is 1. The van der Waals surface area contributed by atoms with E-state index in [0.717, 1.165) is 19.3 Å². The molecule has 0 atom stereocenters. The van der Waals surface area contributed by atoms with Crippen LogP contribution in [0.5, 0.6) is 0 Å². The van der Waals surface area contributed by atoms with Gasteiger partial charge in [-0.05, 0) is 50.7 Å². The van der Waals surface area contributed by atoms with Gasteiger partial charge in [0.1, 0.15) is 0 Å². The van der Waals surface area contributed by atoms with E-state index in [4.69, 9.17) is 4.74 Å². The fraction of sp³-hybridized carbons (Fsp3) is 0.526. The molecule has 3 rings (SSSR count). The Morgan fingerprint density at radius 2 is 1.64 bits per heavy atom. The van der Waals surface area contributed by atoms with Crippen molar-refractivity contribution in [3.63, 3.8) is 0 Å². The number of rotatable bonds is 6. The van der Waals surface area contributed by atoms with Gasteiger partial charge in [-0.25, -0.2) is 4.79 Å². The van der Waals surface area contributed by atoms with E-state index in [1.165, 1.54) is 4.90 Å². The first-order valence-electron chi connectivity index (χ1n) is 8.88. The summed E-state index contributed by atoms with van der Waals surface area (Å²) in [4.78, 5) is 37.7. The molecular formula is C19H23NO5. The van der Waals surface area contributed by atoms with Crippen molar-refractivity contribution in [2.45, 2.75) is 50.5 Å². The molecule has 6 nitrogen and oxygen atoms in total. The molecule has 2 aliphatic rings. The Morgan fingerprint density at radius 3 is 2.24 bits per heavy atom. The first-order valence-corrected chi connectivity index (χ1v) is 8.88. The summed E-state index contributed by atoms with van der Waals surface area (Å²) < 4.78 is 5.19. The lowest BCUT2D eigenvalue weighted by atomic mass is 9.85. The highest BCUT2D eigenvalue weighted by Crippen LogP contribution is 2.29. The molecule has 1 saturated carbocycles. The number of unbranched alkanes of at least 4 members (excludes halogenated alkanes) is 1. The van der Waals surface area contributed by atoms with Crippen LogP contribution >= 0.6 is 0 Å². The first-order chi connectivity index (χ1) is 12.0. The van der Waals surface area contributed by atoms with Crippen molar-refractivity contribution in [2.75, 3.05) is 13.2 Å². The lowest BCUT2D eigenvalue weighted by Gasteiger charge is -2.29. The van der Waals surface area contributed by atoms with Crippen molar-refractivity contribution in [3.8, 4) is 0 Å². The molecule has 1 N–H and O–H groups in total. The van der Waals surface area contributed by atoms with Crippen LogP contribution in [0.2, 0.25) is 0 Å². The Morgan fingerprint density at radius 1 is 1.04 bits per heavy atom. The number of hydrogen-bond donors (Lipinski definition) is 1. The van der Waals surface area contributed by atoms with Gasteiger partial charge >= 0.3 is 5.97 Å². The molecule has 0 spiro atoms. The molecule has 25 heavy (non-hydrogen) atoms. The molecule has 1 aliphatic carbocycles. The van der Waals surface area contributed by atoms with Crippen molar-refractivity contribution in [2.24, 2.45) is 0 Å². The number of imide groups is 1. The van der Waals surface area contributed by atoms with Gasteiger partial charge in [-0.2, -0.15) is 0 Å². The number of aliphatic hydroxyl groups is 1. The average molecular weight is 345 g/mol. The van der Waals surface area contributed by atoms with Gasteiger partial charge in [-0.3, -0.25) is 14.5 Å². The van der Waals surface area contributed by atoms with Crippen LogP contribution in [0, 0.1) is 0 Å². The largest absolute Gasteiger partial charge is 0.464 e. The van der Waals surface area contributed by atoms with Crippen LogP contribution in [0.1, 0.15) is 65.7 Å². The lowest BCUT2D eigenvalue weighted by molar-refractivity contribution is -0.169. The normalized spacial score (nSPS) is 19.0. The van der Waals surface area contributed by atoms with Gasteiger partial charge in [0.2, 0.25) is 0 Å². The number of hydrogen-bond acceptors (Lipinski definition) is 5. The predicted octanol–water partition coefficient (Wildman–Crippen LogP) is 2.30. The fourth-order valence-corrected chi connectivity index (χ4v) is 3.45. The zero-order valence-electron chi connectivity index (χ0n) is 14.2. The van der Waals surface area contributed by atoms with Crippen molar-refractivity contribution in [3.05, 3.63) is 35.4 Å². The maximum absolute atomic E-state index is 12.2. The number of benzene rings is 1. The smallest absolute Gasteiger partial charge is 0.338 e. The molecule has 134 valence electrons. The summed E-state index contributed by atoms with van der Waals surface area (Å²) >= 11 is 0. The van der Waals surface area contributed by atoms with E-state index in [1.807, 2.05) is 0 Å². The van der Waals surface area contributed by atoms with Gasteiger partial charge in [-0.15, -0.1) is 0 Å². The second-order valence-electron chi connectivity index (χ2n) is 6.74. The SMILES string of the molecule is O=C1c2ccccc2C(=O)N1CCCCOC(=O)C1(O)CCCCC1. The van der Waals surface area contributed by atoms with Crippen LogP contribution < -0.4 is 0 Å². The molecule has 2 amide bonds. The summed E-state index contributed by atoms with van der Waals surface area (Å²) in [6.45, 7) is 0.485. The fourth-order valence-electron chi connectivity index (χ4n) is 3.45. The number of amides is 2. The van der Waals surface area contributed by atoms with Crippen LogP contribution in [0.25, 0.3) is 0 Å². The van der Waals surface area contributed by atoms with E-state index in [-0.39, 0.29) is 18.4 Å². The van der Waals surface area contributed by atoms with Gasteiger partial charge in [0.05, 0.1) is 17.7 Å². The summed E-state index contributed by atoms with van der Waals surface area (Å²) in [6, 6.07) is 6.79.